The maximum absolute atomic E-state index is 9.17. The van der Waals surface area contributed by atoms with Crippen molar-refractivity contribution in [3.63, 3.8) is 0 Å². The summed E-state index contributed by atoms with van der Waals surface area (Å²) in [4.78, 5) is 0.366. The lowest BCUT2D eigenvalue weighted by Crippen LogP contribution is -2.17. The Kier molecular flexibility index (Phi) is 5.90. The van der Waals surface area contributed by atoms with Crippen LogP contribution in [0.5, 0.6) is 0 Å². The lowest BCUT2D eigenvalue weighted by molar-refractivity contribution is 0.186. The van der Waals surface area contributed by atoms with Crippen molar-refractivity contribution in [2.24, 2.45) is 0 Å². The van der Waals surface area contributed by atoms with Crippen LogP contribution in [0.25, 0.3) is 0 Å². The Hall–Kier alpha value is 1.40. The summed E-state index contributed by atoms with van der Waals surface area (Å²) in [7, 11) is 0. The topological polar surface area (TPSA) is 20.2 Å². The molecule has 0 spiro atoms. The van der Waals surface area contributed by atoms with Crippen molar-refractivity contribution < 1.29 is 5.11 Å². The molecule has 0 heterocycles. The van der Waals surface area contributed by atoms with Crippen molar-refractivity contribution in [2.75, 3.05) is 0 Å². The highest BCUT2D eigenvalue weighted by Crippen LogP contribution is 2.19. The van der Waals surface area contributed by atoms with Gasteiger partial charge in [0.1, 0.15) is 0 Å². The lowest BCUT2D eigenvalue weighted by Gasteiger charge is -2.12. The molecule has 56 valence electrons. The minimum Gasteiger partial charge on any atom is -0.391 e. The summed E-state index contributed by atoms with van der Waals surface area (Å²) in [5.74, 6) is 0. The summed E-state index contributed by atoms with van der Waals surface area (Å²) in [5.41, 5.74) is 0. The van der Waals surface area contributed by atoms with E-state index in [2.05, 4.69) is 47.8 Å². The average molecular weight is 325 g/mol. The molecule has 1 N–H and O–H groups in total. The molecule has 0 aromatic carbocycles. The molecule has 0 bridgehead atoms. The number of alkyl halides is 3. The molecule has 0 aliphatic heterocycles. The van der Waals surface area contributed by atoms with Gasteiger partial charge >= 0.3 is 0 Å². The molecule has 2 atom stereocenters. The van der Waals surface area contributed by atoms with E-state index in [1.54, 1.807) is 0 Å². The normalized spacial score (nSPS) is 18.0. The Morgan fingerprint density at radius 1 is 1.33 bits per heavy atom. The minimum absolute atomic E-state index is 0.00463. The Labute approximate surface area is 80.6 Å². The second-order valence-corrected chi connectivity index (χ2v) is 6.68. The monoisotopic (exact) mass is 322 g/mol. The van der Waals surface area contributed by atoms with Crippen LogP contribution in [-0.4, -0.2) is 19.8 Å². The first kappa shape index (κ1) is 10.4. The fourth-order valence-corrected chi connectivity index (χ4v) is 1.25. The first-order valence-corrected chi connectivity index (χ1v) is 5.39. The molecular formula is C5H9Br3O. The SMILES string of the molecule is CC(Br)CC(O)C(Br)Br. The largest absolute Gasteiger partial charge is 0.391 e. The Morgan fingerprint density at radius 2 is 1.78 bits per heavy atom. The van der Waals surface area contributed by atoms with Crippen LogP contribution < -0.4 is 0 Å². The first-order valence-electron chi connectivity index (χ1n) is 2.64. The summed E-state index contributed by atoms with van der Waals surface area (Å²) >= 11 is 9.77. The molecule has 0 radical (unpaired) electrons. The zero-order chi connectivity index (χ0) is 7.44. The van der Waals surface area contributed by atoms with Crippen LogP contribution in [0.2, 0.25) is 0 Å². The Morgan fingerprint density at radius 3 is 1.89 bits per heavy atom. The molecule has 0 aliphatic carbocycles. The van der Waals surface area contributed by atoms with Gasteiger partial charge in [-0.15, -0.1) is 0 Å². The third-order valence-corrected chi connectivity index (χ3v) is 2.45. The van der Waals surface area contributed by atoms with Crippen molar-refractivity contribution in [3.05, 3.63) is 0 Å². The van der Waals surface area contributed by atoms with Crippen LogP contribution in [0.1, 0.15) is 13.3 Å². The quantitative estimate of drug-likeness (QED) is 0.791. The molecule has 1 nitrogen and oxygen atoms in total. The van der Waals surface area contributed by atoms with Gasteiger partial charge in [0.05, 0.1) is 9.84 Å². The van der Waals surface area contributed by atoms with Crippen molar-refractivity contribution in [3.8, 4) is 0 Å². The van der Waals surface area contributed by atoms with Gasteiger partial charge < -0.3 is 5.11 Å². The highest BCUT2D eigenvalue weighted by molar-refractivity contribution is 9.24. The van der Waals surface area contributed by atoms with Crippen LogP contribution in [0.4, 0.5) is 0 Å². The van der Waals surface area contributed by atoms with Crippen LogP contribution in [-0.2, 0) is 0 Å². The highest BCUT2D eigenvalue weighted by Gasteiger charge is 2.13. The first-order chi connectivity index (χ1) is 4.04. The van der Waals surface area contributed by atoms with Crippen molar-refractivity contribution >= 4 is 47.8 Å². The van der Waals surface area contributed by atoms with Gasteiger partial charge in [-0.25, -0.2) is 0 Å². The number of halogens is 3. The van der Waals surface area contributed by atoms with E-state index >= 15 is 0 Å². The van der Waals surface area contributed by atoms with Gasteiger partial charge in [0, 0.05) is 4.83 Å². The highest BCUT2D eigenvalue weighted by atomic mass is 79.9. The molecule has 0 aliphatic rings. The number of hydrogen-bond donors (Lipinski definition) is 1. The third-order valence-electron chi connectivity index (χ3n) is 0.857. The molecule has 0 saturated heterocycles. The summed E-state index contributed by atoms with van der Waals surface area (Å²) in [6, 6.07) is 0. The van der Waals surface area contributed by atoms with Crippen LogP contribution >= 0.6 is 47.8 Å². The van der Waals surface area contributed by atoms with E-state index in [-0.39, 0.29) is 9.84 Å². The second-order valence-electron chi connectivity index (χ2n) is 1.92. The van der Waals surface area contributed by atoms with Gasteiger partial charge in [-0.3, -0.25) is 0 Å². The number of hydrogen-bond acceptors (Lipinski definition) is 1. The lowest BCUT2D eigenvalue weighted by atomic mass is 10.2. The molecule has 0 saturated carbocycles. The number of aliphatic hydroxyl groups excluding tert-OH is 1. The Balaban J connectivity index is 3.38. The number of rotatable bonds is 3. The van der Waals surface area contributed by atoms with Crippen molar-refractivity contribution in [1.29, 1.82) is 0 Å². The average Bonchev–Trinajstić information content (AvgIpc) is 1.63. The summed E-state index contributed by atoms with van der Waals surface area (Å²) in [6.07, 6.45) is 0.431. The van der Waals surface area contributed by atoms with E-state index in [0.29, 0.717) is 4.83 Å². The zero-order valence-electron chi connectivity index (χ0n) is 5.02. The van der Waals surface area contributed by atoms with E-state index < -0.39 is 0 Å². The van der Waals surface area contributed by atoms with E-state index in [0.717, 1.165) is 6.42 Å². The second kappa shape index (κ2) is 5.10. The van der Waals surface area contributed by atoms with E-state index in [1.165, 1.54) is 0 Å². The maximum Gasteiger partial charge on any atom is 0.0956 e. The molecule has 0 aromatic heterocycles. The van der Waals surface area contributed by atoms with Crippen molar-refractivity contribution in [2.45, 2.75) is 28.0 Å². The molecule has 4 heteroatoms. The van der Waals surface area contributed by atoms with Crippen molar-refractivity contribution in [1.82, 2.24) is 0 Å². The maximum atomic E-state index is 9.17. The molecule has 0 fully saturated rings. The molecule has 0 rings (SSSR count). The minimum atomic E-state index is -0.320. The van der Waals surface area contributed by atoms with Gasteiger partial charge in [0.25, 0.3) is 0 Å². The predicted molar refractivity (Wildman–Crippen MR) is 50.7 cm³/mol. The van der Waals surface area contributed by atoms with Gasteiger partial charge in [-0.2, -0.15) is 0 Å². The third kappa shape index (κ3) is 5.83. The van der Waals surface area contributed by atoms with Crippen LogP contribution in [0.15, 0.2) is 0 Å². The number of aliphatic hydroxyl groups is 1. The standard InChI is InChI=1S/C5H9Br3O/c1-3(6)2-4(9)5(7)8/h3-5,9H,2H2,1H3. The smallest absolute Gasteiger partial charge is 0.0956 e. The molecule has 0 aromatic rings. The summed E-state index contributed by atoms with van der Waals surface area (Å²) in [5, 5.41) is 9.17. The van der Waals surface area contributed by atoms with Gasteiger partial charge in [-0.1, -0.05) is 54.7 Å². The Bertz CT molecular complexity index is 74.6. The van der Waals surface area contributed by atoms with Gasteiger partial charge in [0.2, 0.25) is 0 Å². The predicted octanol–water partition coefficient (Wildman–Crippen LogP) is 2.64. The summed E-state index contributed by atoms with van der Waals surface area (Å²) in [6.45, 7) is 2.01. The van der Waals surface area contributed by atoms with E-state index in [4.69, 9.17) is 0 Å². The van der Waals surface area contributed by atoms with Gasteiger partial charge in [0.15, 0.2) is 0 Å². The van der Waals surface area contributed by atoms with Crippen LogP contribution in [0.3, 0.4) is 0 Å². The van der Waals surface area contributed by atoms with Crippen LogP contribution in [0, 0.1) is 0 Å². The van der Waals surface area contributed by atoms with E-state index in [9.17, 15) is 5.11 Å². The van der Waals surface area contributed by atoms with Gasteiger partial charge in [-0.05, 0) is 6.42 Å². The molecule has 0 amide bonds. The van der Waals surface area contributed by atoms with E-state index in [1.807, 2.05) is 6.92 Å². The molecular weight excluding hydrogens is 316 g/mol. The fraction of sp³-hybridized carbons (Fsp3) is 1.00. The summed E-state index contributed by atoms with van der Waals surface area (Å²) < 4.78 is 0.00463. The molecule has 9 heavy (non-hydrogen) atoms. The molecule has 2 unspecified atom stereocenters. The fourth-order valence-electron chi connectivity index (χ4n) is 0.436. The zero-order valence-corrected chi connectivity index (χ0v) is 9.78.